The number of anilines is 1. The van der Waals surface area contributed by atoms with Crippen LogP contribution in [0.15, 0.2) is 24.3 Å². The maximum atomic E-state index is 11.8. The van der Waals surface area contributed by atoms with Crippen molar-refractivity contribution in [1.29, 1.82) is 0 Å². The van der Waals surface area contributed by atoms with Crippen LogP contribution in [0.25, 0.3) is 0 Å². The van der Waals surface area contributed by atoms with Gasteiger partial charge in [-0.15, -0.1) is 0 Å². The third-order valence-electron chi connectivity index (χ3n) is 3.80. The van der Waals surface area contributed by atoms with Crippen molar-refractivity contribution in [2.24, 2.45) is 5.92 Å². The van der Waals surface area contributed by atoms with E-state index in [0.717, 1.165) is 11.6 Å². The molecule has 2 rings (SSSR count). The van der Waals surface area contributed by atoms with Gasteiger partial charge in [0.05, 0.1) is 6.54 Å². The third-order valence-corrected chi connectivity index (χ3v) is 4.04. The van der Waals surface area contributed by atoms with Gasteiger partial charge in [-0.1, -0.05) is 30.5 Å². The highest BCUT2D eigenvalue weighted by atomic mass is 35.5. The lowest BCUT2D eigenvalue weighted by molar-refractivity contribution is -0.115. The number of nitrogens with one attached hydrogen (secondary N) is 2. The Hall–Kier alpha value is -1.06. The zero-order valence-corrected chi connectivity index (χ0v) is 12.0. The number of halogens is 1. The Morgan fingerprint density at radius 3 is 2.84 bits per heavy atom. The van der Waals surface area contributed by atoms with Gasteiger partial charge >= 0.3 is 0 Å². The van der Waals surface area contributed by atoms with Crippen LogP contribution in [0.1, 0.15) is 32.6 Å². The summed E-state index contributed by atoms with van der Waals surface area (Å²) in [6.07, 6.45) is 5.21. The summed E-state index contributed by atoms with van der Waals surface area (Å²) in [5, 5.41) is 6.79. The molecule has 1 amide bonds. The van der Waals surface area contributed by atoms with E-state index < -0.39 is 0 Å². The van der Waals surface area contributed by atoms with Crippen LogP contribution >= 0.6 is 11.6 Å². The van der Waals surface area contributed by atoms with Crippen molar-refractivity contribution in [3.05, 3.63) is 29.3 Å². The maximum Gasteiger partial charge on any atom is 0.238 e. The molecule has 1 unspecified atom stereocenters. The van der Waals surface area contributed by atoms with E-state index in [2.05, 4.69) is 17.6 Å². The minimum atomic E-state index is -0.0212. The Kier molecular flexibility index (Phi) is 5.23. The summed E-state index contributed by atoms with van der Waals surface area (Å²) < 4.78 is 0. The highest BCUT2D eigenvalue weighted by Gasteiger charge is 2.21. The fraction of sp³-hybridized carbons (Fsp3) is 0.533. The number of hydrogen-bond donors (Lipinski definition) is 2. The van der Waals surface area contributed by atoms with E-state index >= 15 is 0 Å². The fourth-order valence-corrected chi connectivity index (χ4v) is 2.84. The van der Waals surface area contributed by atoms with E-state index in [1.807, 2.05) is 12.1 Å². The zero-order chi connectivity index (χ0) is 13.7. The molecule has 2 N–H and O–H groups in total. The van der Waals surface area contributed by atoms with Crippen LogP contribution in [-0.2, 0) is 4.79 Å². The van der Waals surface area contributed by atoms with E-state index in [-0.39, 0.29) is 5.91 Å². The predicted octanol–water partition coefficient (Wildman–Crippen LogP) is 3.45. The van der Waals surface area contributed by atoms with Crippen molar-refractivity contribution >= 4 is 23.2 Å². The average Bonchev–Trinajstić information content (AvgIpc) is 2.90. The second-order valence-electron chi connectivity index (χ2n) is 5.27. The normalized spacial score (nSPS) is 17.4. The monoisotopic (exact) mass is 280 g/mol. The van der Waals surface area contributed by atoms with Gasteiger partial charge in [-0.25, -0.2) is 0 Å². The van der Waals surface area contributed by atoms with Crippen LogP contribution in [0.5, 0.6) is 0 Å². The van der Waals surface area contributed by atoms with Gasteiger partial charge in [0, 0.05) is 16.8 Å². The Morgan fingerprint density at radius 1 is 1.42 bits per heavy atom. The topological polar surface area (TPSA) is 41.1 Å². The van der Waals surface area contributed by atoms with Gasteiger partial charge in [0.1, 0.15) is 0 Å². The molecule has 0 heterocycles. The minimum absolute atomic E-state index is 0.0212. The summed E-state index contributed by atoms with van der Waals surface area (Å²) in [7, 11) is 0. The van der Waals surface area contributed by atoms with Gasteiger partial charge in [-0.3, -0.25) is 4.79 Å². The molecule has 104 valence electrons. The van der Waals surface area contributed by atoms with Crippen molar-refractivity contribution in [2.45, 2.75) is 38.6 Å². The standard InChI is InChI=1S/C15H21ClN2O/c1-11(12-5-2-3-6-12)17-10-15(19)18-14-8-4-7-13(16)9-14/h4,7-9,11-12,17H,2-3,5-6,10H2,1H3,(H,18,19). The van der Waals surface area contributed by atoms with Crippen molar-refractivity contribution in [2.75, 3.05) is 11.9 Å². The molecule has 0 aliphatic heterocycles. The first-order chi connectivity index (χ1) is 9.15. The molecule has 19 heavy (non-hydrogen) atoms. The molecule has 3 nitrogen and oxygen atoms in total. The number of hydrogen-bond acceptors (Lipinski definition) is 2. The van der Waals surface area contributed by atoms with Gasteiger partial charge < -0.3 is 10.6 Å². The number of amides is 1. The van der Waals surface area contributed by atoms with Crippen molar-refractivity contribution in [3.63, 3.8) is 0 Å². The number of benzene rings is 1. The molecule has 0 radical (unpaired) electrons. The average molecular weight is 281 g/mol. The maximum absolute atomic E-state index is 11.8. The van der Waals surface area contributed by atoms with Crippen molar-refractivity contribution in [3.8, 4) is 0 Å². The minimum Gasteiger partial charge on any atom is -0.325 e. The lowest BCUT2D eigenvalue weighted by Crippen LogP contribution is -2.38. The Bertz CT molecular complexity index is 430. The number of rotatable bonds is 5. The molecule has 1 aliphatic rings. The van der Waals surface area contributed by atoms with E-state index in [9.17, 15) is 4.79 Å². The highest BCUT2D eigenvalue weighted by Crippen LogP contribution is 2.27. The van der Waals surface area contributed by atoms with Gasteiger partial charge in [-0.2, -0.15) is 0 Å². The first-order valence-electron chi connectivity index (χ1n) is 6.94. The number of carbonyl (C=O) groups excluding carboxylic acids is 1. The molecular formula is C15H21ClN2O. The highest BCUT2D eigenvalue weighted by molar-refractivity contribution is 6.30. The van der Waals surface area contributed by atoms with Crippen molar-refractivity contribution in [1.82, 2.24) is 5.32 Å². The molecule has 0 saturated heterocycles. The molecule has 4 heteroatoms. The number of carbonyl (C=O) groups is 1. The van der Waals surface area contributed by atoms with E-state index in [4.69, 9.17) is 11.6 Å². The molecule has 0 aromatic heterocycles. The van der Waals surface area contributed by atoms with Crippen LogP contribution in [0.2, 0.25) is 5.02 Å². The quantitative estimate of drug-likeness (QED) is 0.867. The molecule has 1 aromatic carbocycles. The van der Waals surface area contributed by atoms with Crippen LogP contribution < -0.4 is 10.6 Å². The molecule has 0 bridgehead atoms. The van der Waals surface area contributed by atoms with Gasteiger partial charge in [0.2, 0.25) is 5.91 Å². The first kappa shape index (κ1) is 14.4. The summed E-state index contributed by atoms with van der Waals surface area (Å²) in [5.41, 5.74) is 0.743. The van der Waals surface area contributed by atoms with Crippen LogP contribution in [0, 0.1) is 5.92 Å². The Labute approximate surface area is 119 Å². The Morgan fingerprint density at radius 2 is 2.16 bits per heavy atom. The molecule has 1 atom stereocenters. The van der Waals surface area contributed by atoms with Crippen LogP contribution in [0.3, 0.4) is 0 Å². The summed E-state index contributed by atoms with van der Waals surface area (Å²) in [6, 6.07) is 7.61. The lowest BCUT2D eigenvalue weighted by Gasteiger charge is -2.20. The van der Waals surface area contributed by atoms with E-state index in [1.165, 1.54) is 25.7 Å². The summed E-state index contributed by atoms with van der Waals surface area (Å²) in [6.45, 7) is 2.52. The van der Waals surface area contributed by atoms with Gasteiger partial charge in [0.25, 0.3) is 0 Å². The van der Waals surface area contributed by atoms with Crippen molar-refractivity contribution < 1.29 is 4.79 Å². The van der Waals surface area contributed by atoms with E-state index in [1.54, 1.807) is 12.1 Å². The molecule has 1 aromatic rings. The summed E-state index contributed by atoms with van der Waals surface area (Å²) in [4.78, 5) is 11.8. The first-order valence-corrected chi connectivity index (χ1v) is 7.32. The van der Waals surface area contributed by atoms with Crippen LogP contribution in [0.4, 0.5) is 5.69 Å². The molecule has 0 spiro atoms. The molecule has 1 saturated carbocycles. The molecule has 1 aliphatic carbocycles. The largest absolute Gasteiger partial charge is 0.325 e. The zero-order valence-electron chi connectivity index (χ0n) is 11.3. The second-order valence-corrected chi connectivity index (χ2v) is 5.71. The smallest absolute Gasteiger partial charge is 0.238 e. The van der Waals surface area contributed by atoms with Gasteiger partial charge in [0.15, 0.2) is 0 Å². The Balaban J connectivity index is 1.75. The van der Waals surface area contributed by atoms with E-state index in [0.29, 0.717) is 17.6 Å². The second kappa shape index (κ2) is 6.92. The SMILES string of the molecule is CC(NCC(=O)Nc1cccc(Cl)c1)C1CCCC1. The summed E-state index contributed by atoms with van der Waals surface area (Å²) >= 11 is 5.87. The molecule has 1 fully saturated rings. The van der Waals surface area contributed by atoms with Gasteiger partial charge in [-0.05, 0) is 43.9 Å². The third kappa shape index (κ3) is 4.51. The lowest BCUT2D eigenvalue weighted by atomic mass is 10.00. The summed E-state index contributed by atoms with van der Waals surface area (Å²) in [5.74, 6) is 0.700. The predicted molar refractivity (Wildman–Crippen MR) is 79.5 cm³/mol. The van der Waals surface area contributed by atoms with Crippen LogP contribution in [-0.4, -0.2) is 18.5 Å². The fourth-order valence-electron chi connectivity index (χ4n) is 2.65. The molecular weight excluding hydrogens is 260 g/mol.